The maximum atomic E-state index is 5.18. The zero-order valence-corrected chi connectivity index (χ0v) is 28.1. The number of nitrogens with zero attached hydrogens (tertiary/aromatic N) is 6. The van der Waals surface area contributed by atoms with Crippen molar-refractivity contribution in [2.45, 2.75) is 22.9 Å². The summed E-state index contributed by atoms with van der Waals surface area (Å²) in [7, 11) is -2.16. The van der Waals surface area contributed by atoms with Crippen LogP contribution in [0, 0.1) is 0 Å². The summed E-state index contributed by atoms with van der Waals surface area (Å²) in [5, 5.41) is 2.91. The quantitative estimate of drug-likeness (QED) is 0.176. The van der Waals surface area contributed by atoms with Crippen molar-refractivity contribution in [3.05, 3.63) is 133 Å². The van der Waals surface area contributed by atoms with E-state index in [2.05, 4.69) is 164 Å². The molecule has 0 spiro atoms. The van der Waals surface area contributed by atoms with Crippen LogP contribution in [0.15, 0.2) is 143 Å². The molecule has 8 heteroatoms. The van der Waals surface area contributed by atoms with E-state index in [4.69, 9.17) is 9.97 Å². The zero-order chi connectivity index (χ0) is 31.7. The Bertz CT molecular complexity index is 2970. The van der Waals surface area contributed by atoms with Gasteiger partial charge < -0.3 is 0 Å². The van der Waals surface area contributed by atoms with Gasteiger partial charge in [0.05, 0.1) is 49.8 Å². The third-order valence-electron chi connectivity index (χ3n) is 10.2. The van der Waals surface area contributed by atoms with E-state index >= 15 is 0 Å². The molecule has 1 aliphatic rings. The molecule has 0 bridgehead atoms. The lowest BCUT2D eigenvalue weighted by molar-refractivity contribution is 1.08. The van der Waals surface area contributed by atoms with Crippen LogP contribution in [0.3, 0.4) is 0 Å². The number of aromatic nitrogens is 6. The molecule has 0 saturated carbocycles. The summed E-state index contributed by atoms with van der Waals surface area (Å²) < 4.78 is 9.31. The first-order valence-electron chi connectivity index (χ1n) is 16.3. The Balaban J connectivity index is 1.13. The van der Waals surface area contributed by atoms with Gasteiger partial charge in [-0.15, -0.1) is 0 Å². The lowest BCUT2D eigenvalue weighted by Crippen LogP contribution is -2.56. The van der Waals surface area contributed by atoms with Gasteiger partial charge in [0, 0.05) is 15.5 Å². The molecule has 0 saturated heterocycles. The Morgan fingerprint density at radius 1 is 0.500 bits per heavy atom. The Morgan fingerprint density at radius 3 is 1.69 bits per heavy atom. The third-order valence-corrected chi connectivity index (χ3v) is 15.3. The second kappa shape index (κ2) is 9.28. The molecule has 0 aliphatic carbocycles. The highest BCUT2D eigenvalue weighted by Gasteiger charge is 2.37. The molecule has 6 aromatic carbocycles. The largest absolute Gasteiger partial charge is 0.278 e. The monoisotopic (exact) mass is 652 g/mol. The zero-order valence-electron chi connectivity index (χ0n) is 26.3. The number of hydrogen-bond donors (Lipinski definition) is 0. The van der Waals surface area contributed by atoms with Crippen LogP contribution in [0.1, 0.15) is 0 Å². The van der Waals surface area contributed by atoms with Crippen LogP contribution in [0.25, 0.3) is 67.1 Å². The summed E-state index contributed by atoms with van der Waals surface area (Å²) >= 11 is 1.90. The van der Waals surface area contributed by atoms with E-state index in [1.807, 2.05) is 11.8 Å². The van der Waals surface area contributed by atoms with Crippen molar-refractivity contribution < 1.29 is 0 Å². The number of fused-ring (bicyclic) bond motifs is 12. The molecule has 0 N–H and O–H groups in total. The number of rotatable bonds is 2. The number of benzene rings is 6. The van der Waals surface area contributed by atoms with Crippen molar-refractivity contribution in [2.75, 3.05) is 0 Å². The molecule has 4 aromatic heterocycles. The minimum atomic E-state index is -2.16. The van der Waals surface area contributed by atoms with Crippen LogP contribution >= 0.6 is 11.8 Å². The van der Waals surface area contributed by atoms with Crippen molar-refractivity contribution in [1.82, 2.24) is 27.9 Å². The second-order valence-electron chi connectivity index (χ2n) is 13.2. The summed E-state index contributed by atoms with van der Waals surface area (Å²) in [5.41, 5.74) is 11.3. The van der Waals surface area contributed by atoms with Gasteiger partial charge in [-0.1, -0.05) is 85.5 Å². The summed E-state index contributed by atoms with van der Waals surface area (Å²) in [6.07, 6.45) is 0. The van der Waals surface area contributed by atoms with E-state index in [1.165, 1.54) is 25.9 Å². The Labute approximate surface area is 280 Å². The molecule has 0 radical (unpaired) electrons. The van der Waals surface area contributed by atoms with Crippen molar-refractivity contribution in [1.29, 1.82) is 0 Å². The molecule has 5 heterocycles. The molecular formula is C40H28N6SSi. The molecule has 10 aromatic rings. The fourth-order valence-corrected chi connectivity index (χ4v) is 13.5. The van der Waals surface area contributed by atoms with Gasteiger partial charge in [-0.3, -0.25) is 17.9 Å². The maximum absolute atomic E-state index is 5.18. The van der Waals surface area contributed by atoms with Gasteiger partial charge in [0.1, 0.15) is 8.07 Å². The van der Waals surface area contributed by atoms with Crippen molar-refractivity contribution in [3.63, 3.8) is 0 Å². The molecule has 6 nitrogen and oxygen atoms in total. The van der Waals surface area contributed by atoms with Gasteiger partial charge in [-0.2, -0.15) is 0 Å². The smallest absolute Gasteiger partial charge is 0.220 e. The average Bonchev–Trinajstić information content (AvgIpc) is 3.84. The van der Waals surface area contributed by atoms with Gasteiger partial charge >= 0.3 is 0 Å². The Morgan fingerprint density at radius 2 is 1.04 bits per heavy atom. The highest BCUT2D eigenvalue weighted by Crippen LogP contribution is 2.40. The van der Waals surface area contributed by atoms with Crippen LogP contribution in [-0.2, 0) is 0 Å². The summed E-state index contributed by atoms with van der Waals surface area (Å²) in [6, 6.07) is 48.1. The molecule has 1 aliphatic heterocycles. The van der Waals surface area contributed by atoms with E-state index in [0.717, 1.165) is 61.4 Å². The molecule has 0 fully saturated rings. The predicted molar refractivity (Wildman–Crippen MR) is 200 cm³/mol. The summed E-state index contributed by atoms with van der Waals surface area (Å²) in [5.74, 6) is 1.89. The average molecular weight is 653 g/mol. The van der Waals surface area contributed by atoms with Crippen LogP contribution < -0.4 is 10.4 Å². The topological polar surface area (TPSA) is 44.5 Å². The number of imidazole rings is 4. The highest BCUT2D eigenvalue weighted by molar-refractivity contribution is 8.00. The minimum Gasteiger partial charge on any atom is -0.278 e. The molecule has 0 atom stereocenters. The first-order chi connectivity index (χ1) is 23.6. The molecular weight excluding hydrogens is 625 g/mol. The second-order valence-corrected chi connectivity index (χ2v) is 18.6. The summed E-state index contributed by atoms with van der Waals surface area (Å²) in [6.45, 7) is 5.00. The van der Waals surface area contributed by atoms with Crippen LogP contribution in [0.5, 0.6) is 0 Å². The van der Waals surface area contributed by atoms with Crippen LogP contribution in [0.2, 0.25) is 13.1 Å². The number of para-hydroxylation sites is 8. The first-order valence-corrected chi connectivity index (χ1v) is 20.1. The van der Waals surface area contributed by atoms with Crippen molar-refractivity contribution in [2.24, 2.45) is 0 Å². The van der Waals surface area contributed by atoms with Crippen LogP contribution in [0.4, 0.5) is 0 Å². The van der Waals surface area contributed by atoms with Gasteiger partial charge in [-0.05, 0) is 83.2 Å². The van der Waals surface area contributed by atoms with Gasteiger partial charge in [0.15, 0.2) is 0 Å². The standard InChI is InChI=1S/C40H28N6SSi/c1-48(2)36-21-11-20-34(46-33-19-10-9-18-32(33)45-29-15-6-4-13-27(29)42-40(45)46)38(36)47-35-23-22-25(24-37(35)48)43-30-16-7-8-17-31(30)44-28-14-5-3-12-26(28)41-39(43)44/h3-24H,1-2H3. The Hall–Kier alpha value is -5.57. The van der Waals surface area contributed by atoms with Gasteiger partial charge in [-0.25, -0.2) is 9.97 Å². The van der Waals surface area contributed by atoms with Crippen molar-refractivity contribution in [3.8, 4) is 11.4 Å². The SMILES string of the molecule is C[Si]1(C)c2cc(-n3c4ccccc4n4c5ccccc5nc34)ccc2Sc2c(-n3c4ccccc4n4c5ccccc5nc34)cccc21. The van der Waals surface area contributed by atoms with E-state index < -0.39 is 8.07 Å². The van der Waals surface area contributed by atoms with E-state index in [9.17, 15) is 0 Å². The fourth-order valence-electron chi connectivity index (χ4n) is 7.98. The van der Waals surface area contributed by atoms with E-state index in [-0.39, 0.29) is 0 Å². The molecule has 48 heavy (non-hydrogen) atoms. The predicted octanol–water partition coefficient (Wildman–Crippen LogP) is 8.46. The fraction of sp³-hybridized carbons (Fsp3) is 0.0500. The maximum Gasteiger partial charge on any atom is 0.220 e. The first kappa shape index (κ1) is 26.5. The minimum absolute atomic E-state index is 0.943. The Kier molecular flexibility index (Phi) is 5.12. The third kappa shape index (κ3) is 3.33. The van der Waals surface area contributed by atoms with Gasteiger partial charge in [0.2, 0.25) is 11.6 Å². The van der Waals surface area contributed by atoms with Gasteiger partial charge in [0.25, 0.3) is 0 Å². The highest BCUT2D eigenvalue weighted by atomic mass is 32.2. The van der Waals surface area contributed by atoms with E-state index in [0.29, 0.717) is 0 Å². The molecule has 0 unspecified atom stereocenters. The molecule has 228 valence electrons. The molecule has 11 rings (SSSR count). The van der Waals surface area contributed by atoms with E-state index in [1.54, 1.807) is 0 Å². The summed E-state index contributed by atoms with van der Waals surface area (Å²) in [4.78, 5) is 13.0. The molecule has 0 amide bonds. The number of hydrogen-bond acceptors (Lipinski definition) is 3. The normalized spacial score (nSPS) is 14.1. The van der Waals surface area contributed by atoms with Crippen LogP contribution in [-0.4, -0.2) is 36.0 Å². The van der Waals surface area contributed by atoms with Crippen molar-refractivity contribution >= 4 is 85.9 Å². The lowest BCUT2D eigenvalue weighted by Gasteiger charge is -2.34. The lowest BCUT2D eigenvalue weighted by atomic mass is 10.2.